The van der Waals surface area contributed by atoms with Crippen molar-refractivity contribution in [2.45, 2.75) is 13.8 Å². The predicted octanol–water partition coefficient (Wildman–Crippen LogP) is 2.88. The molecule has 0 amide bonds. The van der Waals surface area contributed by atoms with Crippen molar-refractivity contribution in [3.8, 4) is 5.75 Å². The molecule has 0 bridgehead atoms. The van der Waals surface area contributed by atoms with E-state index in [1.165, 1.54) is 12.1 Å². The zero-order valence-corrected chi connectivity index (χ0v) is 7.80. The van der Waals surface area contributed by atoms with E-state index in [4.69, 9.17) is 16.7 Å². The summed E-state index contributed by atoms with van der Waals surface area (Å²) in [4.78, 5) is 10.1. The molecule has 2 nitrogen and oxygen atoms in total. The minimum Gasteiger partial charge on any atom is -0.507 e. The highest BCUT2D eigenvalue weighted by molar-refractivity contribution is 6.30. The first kappa shape index (κ1) is 11.0. The van der Waals surface area contributed by atoms with Gasteiger partial charge in [0.1, 0.15) is 5.75 Å². The smallest absolute Gasteiger partial charge is 0.153 e. The molecule has 1 aromatic carbocycles. The number of aromatic hydroxyl groups is 1. The molecule has 3 heteroatoms. The molecule has 0 spiro atoms. The quantitative estimate of drug-likeness (QED) is 0.685. The molecule has 0 saturated carbocycles. The molecule has 1 aromatic rings. The lowest BCUT2D eigenvalue weighted by Gasteiger charge is -1.94. The first-order chi connectivity index (χ1) is 5.74. The molecule has 0 atom stereocenters. The van der Waals surface area contributed by atoms with Crippen LogP contribution in [0.1, 0.15) is 24.2 Å². The second kappa shape index (κ2) is 5.61. The molecule has 0 unspecified atom stereocenters. The molecular weight excluding hydrogens is 176 g/mol. The Kier molecular flexibility index (Phi) is 5.13. The third-order valence-corrected chi connectivity index (χ3v) is 1.35. The topological polar surface area (TPSA) is 37.3 Å². The molecule has 0 fully saturated rings. The van der Waals surface area contributed by atoms with E-state index in [0.29, 0.717) is 11.3 Å². The Morgan fingerprint density at radius 3 is 2.42 bits per heavy atom. The number of hydrogen-bond acceptors (Lipinski definition) is 2. The second-order valence-corrected chi connectivity index (χ2v) is 2.26. The maximum atomic E-state index is 10.1. The van der Waals surface area contributed by atoms with E-state index in [9.17, 15) is 4.79 Å². The molecule has 0 aromatic heterocycles. The van der Waals surface area contributed by atoms with E-state index in [2.05, 4.69) is 0 Å². The Morgan fingerprint density at radius 2 is 2.00 bits per heavy atom. The fourth-order valence-corrected chi connectivity index (χ4v) is 0.783. The third-order valence-electron chi connectivity index (χ3n) is 1.12. The number of hydrogen-bond donors (Lipinski definition) is 1. The van der Waals surface area contributed by atoms with E-state index in [1.54, 1.807) is 6.07 Å². The molecule has 0 aliphatic carbocycles. The molecule has 1 N–H and O–H groups in total. The average molecular weight is 187 g/mol. The van der Waals surface area contributed by atoms with Gasteiger partial charge in [-0.15, -0.1) is 0 Å². The van der Waals surface area contributed by atoms with Crippen molar-refractivity contribution in [1.29, 1.82) is 0 Å². The van der Waals surface area contributed by atoms with E-state index in [1.807, 2.05) is 13.8 Å². The minimum absolute atomic E-state index is 0.0810. The van der Waals surface area contributed by atoms with Crippen molar-refractivity contribution >= 4 is 17.9 Å². The lowest BCUT2D eigenvalue weighted by atomic mass is 10.2. The van der Waals surface area contributed by atoms with Gasteiger partial charge >= 0.3 is 0 Å². The Balaban J connectivity index is 0.000000561. The van der Waals surface area contributed by atoms with Crippen molar-refractivity contribution in [2.24, 2.45) is 0 Å². The highest BCUT2D eigenvalue weighted by Crippen LogP contribution is 2.19. The number of phenolic OH excluding ortho intramolecular Hbond substituents is 1. The standard InChI is InChI=1S/C7H5ClO2.C2H6/c8-6-2-1-5(4-9)7(10)3-6;1-2/h1-4,10H;1-2H3. The molecule has 1 rings (SSSR count). The number of carbonyl (C=O) groups is 1. The van der Waals surface area contributed by atoms with Crippen LogP contribution in [0.2, 0.25) is 5.02 Å². The largest absolute Gasteiger partial charge is 0.507 e. The van der Waals surface area contributed by atoms with E-state index >= 15 is 0 Å². The van der Waals surface area contributed by atoms with Crippen LogP contribution in [-0.4, -0.2) is 11.4 Å². The van der Waals surface area contributed by atoms with Gasteiger partial charge in [0.15, 0.2) is 6.29 Å². The highest BCUT2D eigenvalue weighted by Gasteiger charge is 1.97. The van der Waals surface area contributed by atoms with Crippen molar-refractivity contribution < 1.29 is 9.90 Å². The lowest BCUT2D eigenvalue weighted by Crippen LogP contribution is -1.78. The van der Waals surface area contributed by atoms with Gasteiger partial charge < -0.3 is 5.11 Å². The van der Waals surface area contributed by atoms with Crippen LogP contribution in [-0.2, 0) is 0 Å². The monoisotopic (exact) mass is 186 g/mol. The summed E-state index contributed by atoms with van der Waals surface area (Å²) in [5.74, 6) is -0.0810. The summed E-state index contributed by atoms with van der Waals surface area (Å²) in [6.45, 7) is 4.00. The first-order valence-corrected chi connectivity index (χ1v) is 4.05. The van der Waals surface area contributed by atoms with E-state index in [-0.39, 0.29) is 11.3 Å². The maximum absolute atomic E-state index is 10.1. The van der Waals surface area contributed by atoms with Crippen LogP contribution in [0, 0.1) is 0 Å². The van der Waals surface area contributed by atoms with Gasteiger partial charge in [0.05, 0.1) is 5.56 Å². The number of aldehydes is 1. The van der Waals surface area contributed by atoms with Gasteiger partial charge in [-0.05, 0) is 18.2 Å². The van der Waals surface area contributed by atoms with E-state index in [0.717, 1.165) is 0 Å². The maximum Gasteiger partial charge on any atom is 0.153 e. The van der Waals surface area contributed by atoms with Crippen LogP contribution in [0.3, 0.4) is 0 Å². The zero-order chi connectivity index (χ0) is 9.56. The molecular formula is C9H11ClO2. The van der Waals surface area contributed by atoms with Crippen LogP contribution in [0.5, 0.6) is 5.75 Å². The zero-order valence-electron chi connectivity index (χ0n) is 7.04. The van der Waals surface area contributed by atoms with Gasteiger partial charge in [0.25, 0.3) is 0 Å². The van der Waals surface area contributed by atoms with Crippen molar-refractivity contribution in [3.63, 3.8) is 0 Å². The number of phenols is 1. The van der Waals surface area contributed by atoms with Gasteiger partial charge in [-0.2, -0.15) is 0 Å². The molecule has 0 heterocycles. The summed E-state index contributed by atoms with van der Waals surface area (Å²) in [6, 6.07) is 4.33. The molecule has 0 aliphatic rings. The average Bonchev–Trinajstić information content (AvgIpc) is 2.08. The normalized spacial score (nSPS) is 8.25. The van der Waals surface area contributed by atoms with Gasteiger partial charge in [0.2, 0.25) is 0 Å². The Morgan fingerprint density at radius 1 is 1.42 bits per heavy atom. The molecule has 0 radical (unpaired) electrons. The summed E-state index contributed by atoms with van der Waals surface area (Å²) in [5.41, 5.74) is 0.254. The molecule has 12 heavy (non-hydrogen) atoms. The Bertz CT molecular complexity index is 259. The van der Waals surface area contributed by atoms with Gasteiger partial charge in [-0.3, -0.25) is 4.79 Å². The Hall–Kier alpha value is -1.02. The number of carbonyl (C=O) groups excluding carboxylic acids is 1. The highest BCUT2D eigenvalue weighted by atomic mass is 35.5. The number of halogens is 1. The van der Waals surface area contributed by atoms with Crippen molar-refractivity contribution in [1.82, 2.24) is 0 Å². The van der Waals surface area contributed by atoms with Crippen molar-refractivity contribution in [3.05, 3.63) is 28.8 Å². The summed E-state index contributed by atoms with van der Waals surface area (Å²) < 4.78 is 0. The van der Waals surface area contributed by atoms with E-state index < -0.39 is 0 Å². The minimum atomic E-state index is -0.0810. The first-order valence-electron chi connectivity index (χ1n) is 3.68. The van der Waals surface area contributed by atoms with Crippen LogP contribution >= 0.6 is 11.6 Å². The molecule has 0 aliphatic heterocycles. The lowest BCUT2D eigenvalue weighted by molar-refractivity contribution is 0.112. The Labute approximate surface area is 76.8 Å². The summed E-state index contributed by atoms with van der Waals surface area (Å²) >= 11 is 5.50. The van der Waals surface area contributed by atoms with Gasteiger partial charge in [-0.1, -0.05) is 25.4 Å². The van der Waals surface area contributed by atoms with Crippen molar-refractivity contribution in [2.75, 3.05) is 0 Å². The summed E-state index contributed by atoms with van der Waals surface area (Å²) in [5, 5.41) is 9.40. The number of rotatable bonds is 1. The second-order valence-electron chi connectivity index (χ2n) is 1.82. The fourth-order valence-electron chi connectivity index (χ4n) is 0.616. The number of benzene rings is 1. The van der Waals surface area contributed by atoms with Crippen LogP contribution < -0.4 is 0 Å². The summed E-state index contributed by atoms with van der Waals surface area (Å²) in [7, 11) is 0. The van der Waals surface area contributed by atoms with Crippen LogP contribution in [0.4, 0.5) is 0 Å². The summed E-state index contributed by atoms with van der Waals surface area (Å²) in [6.07, 6.45) is 0.575. The van der Waals surface area contributed by atoms with Gasteiger partial charge in [-0.25, -0.2) is 0 Å². The molecule has 0 saturated heterocycles. The van der Waals surface area contributed by atoms with Crippen LogP contribution in [0.25, 0.3) is 0 Å². The predicted molar refractivity (Wildman–Crippen MR) is 49.9 cm³/mol. The van der Waals surface area contributed by atoms with Crippen LogP contribution in [0.15, 0.2) is 18.2 Å². The molecule has 66 valence electrons. The SMILES string of the molecule is CC.O=Cc1ccc(Cl)cc1O. The fraction of sp³-hybridized carbons (Fsp3) is 0.222. The third kappa shape index (κ3) is 2.93. The van der Waals surface area contributed by atoms with Gasteiger partial charge in [0, 0.05) is 5.02 Å².